The van der Waals surface area contributed by atoms with E-state index in [1.165, 1.54) is 4.63 Å². The first kappa shape index (κ1) is 19.6. The number of pyridine rings is 1. The number of piperidine rings is 1. The molecule has 2 fully saturated rings. The third kappa shape index (κ3) is 4.26. The van der Waals surface area contributed by atoms with Crippen LogP contribution in [0.15, 0.2) is 30.5 Å². The van der Waals surface area contributed by atoms with Gasteiger partial charge in [-0.15, -0.1) is 14.8 Å². The van der Waals surface area contributed by atoms with Gasteiger partial charge < -0.3 is 20.0 Å². The summed E-state index contributed by atoms with van der Waals surface area (Å²) in [6, 6.07) is 7.70. The van der Waals surface area contributed by atoms with Crippen LogP contribution in [0.25, 0.3) is 5.65 Å². The van der Waals surface area contributed by atoms with Gasteiger partial charge in [-0.25, -0.2) is 4.98 Å². The summed E-state index contributed by atoms with van der Waals surface area (Å²) >= 11 is 0. The highest BCUT2D eigenvalue weighted by Gasteiger charge is 2.26. The second kappa shape index (κ2) is 8.42. The summed E-state index contributed by atoms with van der Waals surface area (Å²) in [5.41, 5.74) is 1.36. The van der Waals surface area contributed by atoms with Gasteiger partial charge in [0.25, 0.3) is 0 Å². The van der Waals surface area contributed by atoms with E-state index in [1.54, 1.807) is 6.20 Å². The number of hydrogen-bond acceptors (Lipinski definition) is 9. The molecule has 2 saturated heterocycles. The van der Waals surface area contributed by atoms with E-state index < -0.39 is 0 Å². The molecule has 11 nitrogen and oxygen atoms in total. The number of nitrogens with zero attached hydrogens (tertiary/aromatic N) is 9. The molecule has 0 atom stereocenters. The van der Waals surface area contributed by atoms with Gasteiger partial charge in [-0.1, -0.05) is 0 Å². The molecule has 2 aliphatic heterocycles. The molecule has 0 saturated carbocycles. The van der Waals surface area contributed by atoms with Crippen LogP contribution >= 0.6 is 0 Å². The molecule has 3 aromatic heterocycles. The normalized spacial score (nSPS) is 18.5. The Morgan fingerprint density at radius 1 is 0.968 bits per heavy atom. The number of anilines is 3. The van der Waals surface area contributed by atoms with E-state index >= 15 is 0 Å². The first-order valence-corrected chi connectivity index (χ1v) is 10.7. The van der Waals surface area contributed by atoms with Crippen LogP contribution in [-0.2, 0) is 4.79 Å². The Morgan fingerprint density at radius 3 is 2.45 bits per heavy atom. The van der Waals surface area contributed by atoms with Crippen molar-refractivity contribution in [3.05, 3.63) is 30.5 Å². The molecular weight excluding hydrogens is 396 g/mol. The van der Waals surface area contributed by atoms with E-state index in [-0.39, 0.29) is 11.8 Å². The number of carbonyl (C=O) groups excluding carboxylic acids is 1. The molecule has 0 bridgehead atoms. The van der Waals surface area contributed by atoms with Crippen LogP contribution in [0.1, 0.15) is 12.8 Å². The van der Waals surface area contributed by atoms with Crippen molar-refractivity contribution in [3.63, 3.8) is 0 Å². The Balaban J connectivity index is 1.14. The van der Waals surface area contributed by atoms with Gasteiger partial charge in [-0.05, 0) is 54.6 Å². The molecular formula is C20H26N10O. The molecule has 31 heavy (non-hydrogen) atoms. The van der Waals surface area contributed by atoms with Crippen LogP contribution < -0.4 is 15.1 Å². The minimum Gasteiger partial charge on any atom is -0.355 e. The van der Waals surface area contributed by atoms with Crippen LogP contribution in [0, 0.1) is 5.92 Å². The zero-order valence-corrected chi connectivity index (χ0v) is 17.6. The van der Waals surface area contributed by atoms with Crippen molar-refractivity contribution in [2.45, 2.75) is 12.8 Å². The zero-order valence-electron chi connectivity index (χ0n) is 17.6. The number of carbonyl (C=O) groups is 1. The number of likely N-dealkylation sites (N-methyl/N-ethyl adjacent to an activating group) is 1. The fourth-order valence-electron chi connectivity index (χ4n) is 4.11. The number of aromatic nitrogens is 6. The van der Waals surface area contributed by atoms with Gasteiger partial charge in [0.05, 0.1) is 11.9 Å². The smallest absolute Gasteiger partial charge is 0.227 e. The number of rotatable bonds is 4. The fraction of sp³-hybridized carbons (Fsp3) is 0.500. The van der Waals surface area contributed by atoms with Gasteiger partial charge in [-0.2, -0.15) is 0 Å². The summed E-state index contributed by atoms with van der Waals surface area (Å²) in [5.74, 6) is 1.82. The lowest BCUT2D eigenvalue weighted by molar-refractivity contribution is -0.120. The molecule has 2 aliphatic rings. The predicted molar refractivity (Wildman–Crippen MR) is 116 cm³/mol. The fourth-order valence-corrected chi connectivity index (χ4v) is 4.11. The molecule has 0 radical (unpaired) electrons. The van der Waals surface area contributed by atoms with E-state index in [2.05, 4.69) is 52.7 Å². The summed E-state index contributed by atoms with van der Waals surface area (Å²) < 4.78 is 1.42. The van der Waals surface area contributed by atoms with E-state index in [1.807, 2.05) is 24.3 Å². The first-order valence-electron chi connectivity index (χ1n) is 10.7. The molecule has 5 heterocycles. The average Bonchev–Trinajstić information content (AvgIpc) is 3.28. The van der Waals surface area contributed by atoms with Gasteiger partial charge in [0.1, 0.15) is 5.82 Å². The number of amides is 1. The van der Waals surface area contributed by atoms with Crippen molar-refractivity contribution in [1.29, 1.82) is 0 Å². The van der Waals surface area contributed by atoms with Crippen LogP contribution in [-0.4, -0.2) is 87.4 Å². The van der Waals surface area contributed by atoms with Crippen molar-refractivity contribution in [2.75, 3.05) is 61.4 Å². The third-order valence-corrected chi connectivity index (χ3v) is 6.09. The van der Waals surface area contributed by atoms with Crippen LogP contribution in [0.3, 0.4) is 0 Å². The van der Waals surface area contributed by atoms with Crippen molar-refractivity contribution in [1.82, 2.24) is 35.1 Å². The molecule has 0 unspecified atom stereocenters. The summed E-state index contributed by atoms with van der Waals surface area (Å²) in [7, 11) is 2.14. The molecule has 0 aromatic carbocycles. The summed E-state index contributed by atoms with van der Waals surface area (Å²) in [6.07, 6.45) is 3.30. The summed E-state index contributed by atoms with van der Waals surface area (Å²) in [6.45, 7) is 5.56. The maximum atomic E-state index is 12.8. The second-order valence-corrected chi connectivity index (χ2v) is 8.16. The van der Waals surface area contributed by atoms with Crippen molar-refractivity contribution < 1.29 is 4.79 Å². The van der Waals surface area contributed by atoms with Crippen molar-refractivity contribution in [3.8, 4) is 0 Å². The van der Waals surface area contributed by atoms with Gasteiger partial charge in [0.15, 0.2) is 11.5 Å². The Hall–Kier alpha value is -3.34. The molecule has 162 valence electrons. The van der Waals surface area contributed by atoms with E-state index in [4.69, 9.17) is 0 Å². The Kier molecular flexibility index (Phi) is 5.33. The van der Waals surface area contributed by atoms with Crippen molar-refractivity contribution in [2.24, 2.45) is 5.92 Å². The van der Waals surface area contributed by atoms with Crippen LogP contribution in [0.5, 0.6) is 0 Å². The van der Waals surface area contributed by atoms with E-state index in [0.717, 1.165) is 69.4 Å². The Bertz CT molecular complexity index is 1040. The zero-order chi connectivity index (χ0) is 21.2. The van der Waals surface area contributed by atoms with Gasteiger partial charge in [0, 0.05) is 45.2 Å². The highest BCUT2D eigenvalue weighted by Crippen LogP contribution is 2.23. The lowest BCUT2D eigenvalue weighted by Gasteiger charge is -2.33. The van der Waals surface area contributed by atoms with E-state index in [0.29, 0.717) is 5.65 Å². The van der Waals surface area contributed by atoms with Gasteiger partial charge in [0.2, 0.25) is 5.91 Å². The van der Waals surface area contributed by atoms with Crippen LogP contribution in [0.2, 0.25) is 0 Å². The van der Waals surface area contributed by atoms with Gasteiger partial charge >= 0.3 is 0 Å². The standard InChI is InChI=1S/C20H26N10O/c1-27-10-12-29(13-11-27)17-3-2-16(14-21-17)22-20(31)15-6-8-28(9-7-15)19-5-4-18-23-25-26-30(18)24-19/h2-5,14-15H,6-13H2,1H3,(H,22,31). The Labute approximate surface area is 180 Å². The molecule has 5 rings (SSSR count). The number of hydrogen-bond donors (Lipinski definition) is 1. The quantitative estimate of drug-likeness (QED) is 0.644. The molecule has 3 aromatic rings. The summed E-state index contributed by atoms with van der Waals surface area (Å²) in [4.78, 5) is 24.1. The molecule has 0 spiro atoms. The summed E-state index contributed by atoms with van der Waals surface area (Å²) in [5, 5.41) is 18.8. The highest BCUT2D eigenvalue weighted by molar-refractivity contribution is 5.92. The number of piperazine rings is 1. The lowest BCUT2D eigenvalue weighted by Crippen LogP contribution is -2.44. The van der Waals surface area contributed by atoms with Crippen LogP contribution in [0.4, 0.5) is 17.3 Å². The predicted octanol–water partition coefficient (Wildman–Crippen LogP) is 0.521. The molecule has 0 aliphatic carbocycles. The first-order chi connectivity index (χ1) is 15.2. The van der Waals surface area contributed by atoms with Crippen molar-refractivity contribution >= 4 is 28.9 Å². The SMILES string of the molecule is CN1CCN(c2ccc(NC(=O)C3CCN(c4ccc5nnnn5n4)CC3)cn2)CC1. The topological polar surface area (TPSA) is 108 Å². The number of fused-ring (bicyclic) bond motifs is 1. The number of tetrazole rings is 1. The average molecular weight is 422 g/mol. The maximum absolute atomic E-state index is 12.8. The largest absolute Gasteiger partial charge is 0.355 e. The second-order valence-electron chi connectivity index (χ2n) is 8.16. The minimum atomic E-state index is -0.0228. The molecule has 1 amide bonds. The molecule has 11 heteroatoms. The minimum absolute atomic E-state index is 0.0228. The highest BCUT2D eigenvalue weighted by atomic mass is 16.1. The lowest BCUT2D eigenvalue weighted by atomic mass is 9.96. The monoisotopic (exact) mass is 422 g/mol. The molecule has 1 N–H and O–H groups in total. The van der Waals surface area contributed by atoms with E-state index in [9.17, 15) is 4.79 Å². The van der Waals surface area contributed by atoms with Gasteiger partial charge in [-0.3, -0.25) is 4.79 Å². The maximum Gasteiger partial charge on any atom is 0.227 e. The third-order valence-electron chi connectivity index (χ3n) is 6.09. The number of nitrogens with one attached hydrogen (secondary N) is 1. The Morgan fingerprint density at radius 2 is 1.71 bits per heavy atom.